The zero-order valence-electron chi connectivity index (χ0n) is 13.5. The van der Waals surface area contributed by atoms with Crippen molar-refractivity contribution >= 4 is 17.7 Å². The van der Waals surface area contributed by atoms with Crippen LogP contribution in [0.15, 0.2) is 0 Å². The number of hydrogen-bond donors (Lipinski definition) is 4. The number of rotatable bonds is 6. The highest BCUT2D eigenvalue weighted by atomic mass is 16.4. The number of carboxylic acid groups (broad SMARTS) is 2. The van der Waals surface area contributed by atoms with Gasteiger partial charge in [0.05, 0.1) is 5.92 Å². The lowest BCUT2D eigenvalue weighted by Gasteiger charge is -2.24. The van der Waals surface area contributed by atoms with Gasteiger partial charge in [-0.1, -0.05) is 6.92 Å². The molecule has 0 saturated carbocycles. The van der Waals surface area contributed by atoms with Crippen molar-refractivity contribution in [3.63, 3.8) is 0 Å². The Morgan fingerprint density at radius 1 is 1.27 bits per heavy atom. The summed E-state index contributed by atoms with van der Waals surface area (Å²) >= 11 is 0. The van der Waals surface area contributed by atoms with Crippen LogP contribution in [-0.4, -0.2) is 46.6 Å². The van der Waals surface area contributed by atoms with Crippen LogP contribution in [0.3, 0.4) is 0 Å². The largest absolute Gasteiger partial charge is 0.481 e. The molecule has 1 unspecified atom stereocenters. The predicted octanol–water partition coefficient (Wildman–Crippen LogP) is 0.863. The third-order valence-corrected chi connectivity index (χ3v) is 3.62. The van der Waals surface area contributed by atoms with E-state index in [9.17, 15) is 14.4 Å². The second-order valence-corrected chi connectivity index (χ2v) is 6.11. The van der Waals surface area contributed by atoms with Crippen molar-refractivity contribution in [1.82, 2.24) is 5.32 Å². The molecule has 1 aliphatic rings. The average Bonchev–Trinajstić information content (AvgIpc) is 2.38. The highest BCUT2D eigenvalue weighted by Gasteiger charge is 2.22. The quantitative estimate of drug-likeness (QED) is 0.572. The molecule has 7 heteroatoms. The van der Waals surface area contributed by atoms with E-state index in [-0.39, 0.29) is 17.6 Å². The Bertz CT molecular complexity index is 378. The van der Waals surface area contributed by atoms with Crippen LogP contribution >= 0.6 is 0 Å². The summed E-state index contributed by atoms with van der Waals surface area (Å²) in [5.41, 5.74) is 5.28. The molecular weight excluding hydrogens is 288 g/mol. The van der Waals surface area contributed by atoms with E-state index in [1.165, 1.54) is 6.92 Å². The first-order chi connectivity index (χ1) is 10.1. The monoisotopic (exact) mass is 316 g/mol. The van der Waals surface area contributed by atoms with E-state index in [2.05, 4.69) is 12.2 Å². The maximum atomic E-state index is 10.6. The zero-order valence-corrected chi connectivity index (χ0v) is 13.5. The number of hydrogen-bond acceptors (Lipinski definition) is 5. The van der Waals surface area contributed by atoms with Crippen LogP contribution in [0.2, 0.25) is 0 Å². The fourth-order valence-corrected chi connectivity index (χ4v) is 2.32. The van der Waals surface area contributed by atoms with Gasteiger partial charge in [0.2, 0.25) is 0 Å². The minimum Gasteiger partial charge on any atom is -0.481 e. The van der Waals surface area contributed by atoms with Crippen LogP contribution in [0.25, 0.3) is 0 Å². The van der Waals surface area contributed by atoms with Gasteiger partial charge in [-0.2, -0.15) is 0 Å². The molecule has 0 aromatic heterocycles. The van der Waals surface area contributed by atoms with Crippen LogP contribution in [0.1, 0.15) is 46.5 Å². The Hall–Kier alpha value is -1.47. The molecule has 0 spiro atoms. The molecule has 0 aromatic carbocycles. The lowest BCUT2D eigenvalue weighted by molar-refractivity contribution is -0.142. The second kappa shape index (κ2) is 10.3. The summed E-state index contributed by atoms with van der Waals surface area (Å²) < 4.78 is 0. The van der Waals surface area contributed by atoms with Gasteiger partial charge in [-0.15, -0.1) is 0 Å². The fraction of sp³-hybridized carbons (Fsp3) is 0.800. The van der Waals surface area contributed by atoms with Gasteiger partial charge in [0.25, 0.3) is 0 Å². The molecule has 1 rings (SSSR count). The summed E-state index contributed by atoms with van der Waals surface area (Å²) in [5, 5.41) is 20.2. The maximum absolute atomic E-state index is 10.6. The van der Waals surface area contributed by atoms with Crippen molar-refractivity contribution in [1.29, 1.82) is 0 Å². The number of ketones is 1. The molecule has 0 bridgehead atoms. The minimum absolute atomic E-state index is 0.0496. The van der Waals surface area contributed by atoms with E-state index in [0.29, 0.717) is 25.4 Å². The number of piperidine rings is 1. The van der Waals surface area contributed by atoms with Crippen molar-refractivity contribution < 1.29 is 24.6 Å². The third kappa shape index (κ3) is 9.46. The first kappa shape index (κ1) is 20.5. The van der Waals surface area contributed by atoms with E-state index in [0.717, 1.165) is 12.8 Å². The molecule has 5 N–H and O–H groups in total. The lowest BCUT2D eigenvalue weighted by atomic mass is 9.96. The summed E-state index contributed by atoms with van der Waals surface area (Å²) in [6, 6.07) is -0.352. The number of aliphatic carboxylic acids is 2. The van der Waals surface area contributed by atoms with Gasteiger partial charge in [0.1, 0.15) is 11.8 Å². The molecule has 128 valence electrons. The first-order valence-corrected chi connectivity index (χ1v) is 7.57. The van der Waals surface area contributed by atoms with Crippen LogP contribution in [0.4, 0.5) is 0 Å². The van der Waals surface area contributed by atoms with Crippen molar-refractivity contribution in [3.8, 4) is 0 Å². The Kier molecular flexibility index (Phi) is 9.60. The predicted molar refractivity (Wildman–Crippen MR) is 82.5 cm³/mol. The molecule has 4 atom stereocenters. The number of carboxylic acids is 2. The lowest BCUT2D eigenvalue weighted by Crippen LogP contribution is -2.39. The van der Waals surface area contributed by atoms with E-state index >= 15 is 0 Å². The standard InChI is InChI=1S/C8H15NO3.C7H13NO2/c1-5(3-6(2)10)4-7(9)8(11)12;1-5-2-3-6(4-8-5)7(9)10/h5,7H,3-4,9H2,1-2H3,(H,11,12);5-6,8H,2-4H2,1H3,(H,9,10)/t5?,7-;5-,6+/m10/s1. The second-order valence-electron chi connectivity index (χ2n) is 6.11. The summed E-state index contributed by atoms with van der Waals surface area (Å²) in [4.78, 5) is 31.3. The molecule has 0 aliphatic carbocycles. The molecule has 1 heterocycles. The normalized spacial score (nSPS) is 23.6. The van der Waals surface area contributed by atoms with Gasteiger partial charge in [0, 0.05) is 19.0 Å². The van der Waals surface area contributed by atoms with Crippen molar-refractivity contribution in [2.75, 3.05) is 6.54 Å². The van der Waals surface area contributed by atoms with Gasteiger partial charge >= 0.3 is 11.9 Å². The highest BCUT2D eigenvalue weighted by Crippen LogP contribution is 2.13. The molecule has 1 fully saturated rings. The number of carbonyl (C=O) groups is 3. The van der Waals surface area contributed by atoms with E-state index in [1.54, 1.807) is 0 Å². The van der Waals surface area contributed by atoms with Crippen LogP contribution < -0.4 is 11.1 Å². The Balaban J connectivity index is 0.000000406. The van der Waals surface area contributed by atoms with Gasteiger partial charge in [0.15, 0.2) is 0 Å². The van der Waals surface area contributed by atoms with Gasteiger partial charge in [-0.25, -0.2) is 0 Å². The number of Topliss-reactive ketones (excluding diaryl/α,β-unsaturated/α-hetero) is 1. The zero-order chi connectivity index (χ0) is 17.3. The van der Waals surface area contributed by atoms with E-state index in [4.69, 9.17) is 15.9 Å². The molecular formula is C15H28N2O5. The van der Waals surface area contributed by atoms with Gasteiger partial charge in [-0.3, -0.25) is 9.59 Å². The molecule has 1 aliphatic heterocycles. The molecule has 0 amide bonds. The topological polar surface area (TPSA) is 130 Å². The van der Waals surface area contributed by atoms with Crippen molar-refractivity contribution in [2.45, 2.75) is 58.5 Å². The fourth-order valence-electron chi connectivity index (χ4n) is 2.32. The van der Waals surface area contributed by atoms with E-state index < -0.39 is 18.0 Å². The molecule has 22 heavy (non-hydrogen) atoms. The van der Waals surface area contributed by atoms with Crippen LogP contribution in [0, 0.1) is 11.8 Å². The van der Waals surface area contributed by atoms with Crippen molar-refractivity contribution in [3.05, 3.63) is 0 Å². The minimum atomic E-state index is -1.01. The van der Waals surface area contributed by atoms with Crippen molar-refractivity contribution in [2.24, 2.45) is 17.6 Å². The number of nitrogens with two attached hydrogens (primary N) is 1. The summed E-state index contributed by atoms with van der Waals surface area (Å²) in [6.07, 6.45) is 2.57. The summed E-state index contributed by atoms with van der Waals surface area (Å²) in [5.74, 6) is -1.71. The summed E-state index contributed by atoms with van der Waals surface area (Å²) in [7, 11) is 0. The molecule has 7 nitrogen and oxygen atoms in total. The highest BCUT2D eigenvalue weighted by molar-refractivity contribution is 5.76. The SMILES string of the molecule is CC(=O)CC(C)C[C@@H](N)C(=O)O.C[C@H]1CC[C@@H](C(=O)O)CN1. The van der Waals surface area contributed by atoms with Gasteiger partial charge in [-0.05, 0) is 39.0 Å². The Morgan fingerprint density at radius 2 is 1.86 bits per heavy atom. The number of nitrogens with one attached hydrogen (secondary N) is 1. The first-order valence-electron chi connectivity index (χ1n) is 7.57. The maximum Gasteiger partial charge on any atom is 0.320 e. The Morgan fingerprint density at radius 3 is 2.23 bits per heavy atom. The van der Waals surface area contributed by atoms with Crippen LogP contribution in [-0.2, 0) is 14.4 Å². The smallest absolute Gasteiger partial charge is 0.320 e. The Labute approximate surface area is 131 Å². The average molecular weight is 316 g/mol. The van der Waals surface area contributed by atoms with Crippen LogP contribution in [0.5, 0.6) is 0 Å². The number of carbonyl (C=O) groups excluding carboxylic acids is 1. The van der Waals surface area contributed by atoms with E-state index in [1.807, 2.05) is 6.92 Å². The summed E-state index contributed by atoms with van der Waals surface area (Å²) in [6.45, 7) is 6.03. The molecule has 0 aromatic rings. The molecule has 1 saturated heterocycles. The third-order valence-electron chi connectivity index (χ3n) is 3.62. The van der Waals surface area contributed by atoms with Gasteiger partial charge < -0.3 is 26.1 Å². The molecule has 0 radical (unpaired) electrons.